The lowest BCUT2D eigenvalue weighted by atomic mass is 9.90. The molecule has 6 rings (SSSR count). The molecule has 5 aromatic rings. The van der Waals surface area contributed by atoms with Crippen molar-refractivity contribution < 1.29 is 16.5 Å². The van der Waals surface area contributed by atoms with Crippen LogP contribution < -0.4 is 9.61 Å². The number of hydrogen-bond donors (Lipinski definition) is 1. The molecular weight excluding hydrogens is 543 g/mol. The maximum Gasteiger partial charge on any atom is 0.488 e. The van der Waals surface area contributed by atoms with Gasteiger partial charge in [-0.1, -0.05) is 29.7 Å². The number of halogens is 1. The highest BCUT2D eigenvalue weighted by Gasteiger charge is 2.26. The molecule has 0 bridgehead atoms. The van der Waals surface area contributed by atoms with Crippen LogP contribution in [0.2, 0.25) is 0 Å². The van der Waals surface area contributed by atoms with Crippen molar-refractivity contribution in [1.29, 1.82) is 0 Å². The second kappa shape index (κ2) is 10.0. The number of pyridine rings is 2. The lowest BCUT2D eigenvalue weighted by Crippen LogP contribution is -2.32. The zero-order valence-electron chi connectivity index (χ0n) is 22.9. The number of benzene rings is 2. The molecule has 1 aliphatic heterocycles. The number of aromatic amines is 1. The van der Waals surface area contributed by atoms with E-state index in [0.717, 1.165) is 70.9 Å². The summed E-state index contributed by atoms with van der Waals surface area (Å²) < 4.78 is 42.3. The first-order valence-electron chi connectivity index (χ1n) is 13.5. The minimum absolute atomic E-state index is 0.0110. The number of hydrogen-bond acceptors (Lipinski definition) is 6. The second-order valence-corrected chi connectivity index (χ2v) is 11.9. The molecule has 210 valence electrons. The summed E-state index contributed by atoms with van der Waals surface area (Å²) in [5, 5.41) is 2.05. The Morgan fingerprint density at radius 3 is 2.56 bits per heavy atom. The highest BCUT2D eigenvalue weighted by Crippen LogP contribution is 2.38. The molecular formula is C31H29FN4O4S. The summed E-state index contributed by atoms with van der Waals surface area (Å²) in [5.41, 5.74) is 5.12. The number of fused-ring (bicyclic) bond motifs is 4. The standard InChI is InChI=1S/C31H29FN4O4S/c1-5-19-6-7-23-27(12-19)34-31-29(23)30(37)26-14-24(18(2)3)25(20-13-22(17-33-16-20)40-41(32,38)39)15-28(26)36(31)21-8-10-35(4)11-9-21/h1,6-7,12-18,21,34H,8-11H2,2-4H3. The Morgan fingerprint density at radius 2 is 1.88 bits per heavy atom. The van der Waals surface area contributed by atoms with Gasteiger partial charge in [0.05, 0.1) is 17.1 Å². The first-order chi connectivity index (χ1) is 19.5. The highest BCUT2D eigenvalue weighted by molar-refractivity contribution is 7.81. The van der Waals surface area contributed by atoms with Crippen LogP contribution in [0.5, 0.6) is 5.75 Å². The third-order valence-electron chi connectivity index (χ3n) is 7.98. The Hall–Kier alpha value is -4.20. The zero-order chi connectivity index (χ0) is 29.1. The van der Waals surface area contributed by atoms with Crippen molar-refractivity contribution in [1.82, 2.24) is 19.4 Å². The van der Waals surface area contributed by atoms with Crippen molar-refractivity contribution in [3.63, 3.8) is 0 Å². The number of terminal acetylenes is 1. The molecule has 1 saturated heterocycles. The van der Waals surface area contributed by atoms with Crippen LogP contribution in [0, 0.1) is 12.3 Å². The molecule has 41 heavy (non-hydrogen) atoms. The van der Waals surface area contributed by atoms with Gasteiger partial charge in [-0.2, -0.15) is 8.42 Å². The maximum absolute atomic E-state index is 14.2. The summed E-state index contributed by atoms with van der Waals surface area (Å²) in [5.74, 6) is 2.45. The third-order valence-corrected chi connectivity index (χ3v) is 8.37. The molecule has 0 unspecified atom stereocenters. The molecule has 8 nitrogen and oxygen atoms in total. The molecule has 2 aromatic carbocycles. The van der Waals surface area contributed by atoms with Crippen molar-refractivity contribution in [3.05, 3.63) is 70.1 Å². The fourth-order valence-electron chi connectivity index (χ4n) is 6.01. The van der Waals surface area contributed by atoms with Gasteiger partial charge in [-0.3, -0.25) is 9.78 Å². The van der Waals surface area contributed by atoms with Gasteiger partial charge >= 0.3 is 10.5 Å². The molecule has 0 aliphatic carbocycles. The normalized spacial score (nSPS) is 15.2. The van der Waals surface area contributed by atoms with Crippen LogP contribution in [-0.4, -0.2) is 48.0 Å². The summed E-state index contributed by atoms with van der Waals surface area (Å²) in [6.07, 6.45) is 10.2. The first-order valence-corrected chi connectivity index (χ1v) is 14.8. The molecule has 0 saturated carbocycles. The van der Waals surface area contributed by atoms with Gasteiger partial charge in [-0.15, -0.1) is 6.42 Å². The average Bonchev–Trinajstić information content (AvgIpc) is 3.31. The maximum atomic E-state index is 14.2. The molecule has 0 radical (unpaired) electrons. The van der Waals surface area contributed by atoms with Crippen LogP contribution in [0.3, 0.4) is 0 Å². The van der Waals surface area contributed by atoms with E-state index in [9.17, 15) is 17.1 Å². The summed E-state index contributed by atoms with van der Waals surface area (Å²) in [4.78, 5) is 24.1. The van der Waals surface area contributed by atoms with E-state index in [4.69, 9.17) is 6.42 Å². The number of piperidine rings is 1. The molecule has 3 aromatic heterocycles. The van der Waals surface area contributed by atoms with E-state index in [1.165, 1.54) is 6.07 Å². The zero-order valence-corrected chi connectivity index (χ0v) is 23.8. The Bertz CT molecular complexity index is 2050. The number of nitrogens with zero attached hydrogens (tertiary/aromatic N) is 3. The van der Waals surface area contributed by atoms with Gasteiger partial charge in [-0.05, 0) is 80.4 Å². The van der Waals surface area contributed by atoms with Gasteiger partial charge in [0.15, 0.2) is 11.2 Å². The number of H-pyrrole nitrogens is 1. The molecule has 0 atom stereocenters. The quantitative estimate of drug-likeness (QED) is 0.216. The van der Waals surface area contributed by atoms with Gasteiger partial charge in [0, 0.05) is 39.7 Å². The summed E-state index contributed by atoms with van der Waals surface area (Å²) >= 11 is 0. The molecule has 10 heteroatoms. The van der Waals surface area contributed by atoms with E-state index >= 15 is 0 Å². The SMILES string of the molecule is C#Cc1ccc2c(c1)[nH]c1c2c(=O)c2cc(C(C)C)c(-c3cncc(OS(=O)(=O)F)c3)cc2n1C1CCN(C)CC1. The first kappa shape index (κ1) is 27.0. The lowest BCUT2D eigenvalue weighted by Gasteiger charge is -2.32. The van der Waals surface area contributed by atoms with Crippen LogP contribution >= 0.6 is 0 Å². The van der Waals surface area contributed by atoms with Crippen molar-refractivity contribution in [3.8, 4) is 29.2 Å². The van der Waals surface area contributed by atoms with Crippen LogP contribution in [0.1, 0.15) is 49.8 Å². The smallest absolute Gasteiger partial charge is 0.357 e. The number of aromatic nitrogens is 3. The van der Waals surface area contributed by atoms with Gasteiger partial charge < -0.3 is 18.6 Å². The topological polar surface area (TPSA) is 97.3 Å². The third kappa shape index (κ3) is 4.85. The van der Waals surface area contributed by atoms with E-state index < -0.39 is 10.5 Å². The second-order valence-electron chi connectivity index (χ2n) is 11.0. The fourth-order valence-corrected chi connectivity index (χ4v) is 6.33. The largest absolute Gasteiger partial charge is 0.488 e. The van der Waals surface area contributed by atoms with E-state index in [2.05, 4.69) is 36.6 Å². The predicted molar refractivity (Wildman–Crippen MR) is 159 cm³/mol. The summed E-state index contributed by atoms with van der Waals surface area (Å²) in [6.45, 7) is 5.87. The van der Waals surface area contributed by atoms with Crippen molar-refractivity contribution in [2.45, 2.75) is 38.6 Å². The number of likely N-dealkylation sites (tertiary alicyclic amines) is 1. The van der Waals surface area contributed by atoms with Crippen LogP contribution in [-0.2, 0) is 10.5 Å². The monoisotopic (exact) mass is 572 g/mol. The average molecular weight is 573 g/mol. The van der Waals surface area contributed by atoms with Crippen molar-refractivity contribution >= 4 is 43.3 Å². The lowest BCUT2D eigenvalue weighted by molar-refractivity contribution is 0.226. The van der Waals surface area contributed by atoms with E-state index in [1.54, 1.807) is 6.20 Å². The fraction of sp³-hybridized carbons (Fsp3) is 0.290. The molecule has 4 heterocycles. The van der Waals surface area contributed by atoms with E-state index in [0.29, 0.717) is 16.3 Å². The minimum atomic E-state index is -5.22. The van der Waals surface area contributed by atoms with Crippen molar-refractivity contribution in [2.24, 2.45) is 0 Å². The number of nitrogens with one attached hydrogen (secondary N) is 1. The van der Waals surface area contributed by atoms with Crippen molar-refractivity contribution in [2.75, 3.05) is 20.1 Å². The van der Waals surface area contributed by atoms with Gasteiger partial charge in [-0.25, -0.2) is 0 Å². The highest BCUT2D eigenvalue weighted by atomic mass is 32.3. The van der Waals surface area contributed by atoms with Crippen LogP contribution in [0.15, 0.2) is 53.6 Å². The molecule has 1 N–H and O–H groups in total. The summed E-state index contributed by atoms with van der Waals surface area (Å²) in [6, 6.07) is 11.1. The van der Waals surface area contributed by atoms with Gasteiger partial charge in [0.2, 0.25) is 0 Å². The van der Waals surface area contributed by atoms with Crippen LogP contribution in [0.25, 0.3) is 44.0 Å². The van der Waals surface area contributed by atoms with Crippen LogP contribution in [0.4, 0.5) is 3.89 Å². The predicted octanol–water partition coefficient (Wildman–Crippen LogP) is 5.66. The summed E-state index contributed by atoms with van der Waals surface area (Å²) in [7, 11) is -3.11. The Kier molecular flexibility index (Phi) is 6.59. The molecule has 1 fully saturated rings. The Labute approximate surface area is 237 Å². The Morgan fingerprint density at radius 1 is 1.12 bits per heavy atom. The number of rotatable bonds is 5. The van der Waals surface area contributed by atoms with E-state index in [-0.39, 0.29) is 23.1 Å². The van der Waals surface area contributed by atoms with E-state index in [1.807, 2.05) is 44.2 Å². The Balaban J connectivity index is 1.70. The minimum Gasteiger partial charge on any atom is -0.357 e. The van der Waals surface area contributed by atoms with Gasteiger partial charge in [0.25, 0.3) is 0 Å². The van der Waals surface area contributed by atoms with Gasteiger partial charge in [0.1, 0.15) is 5.65 Å². The molecule has 0 spiro atoms. The molecule has 1 aliphatic rings. The molecule has 0 amide bonds.